The van der Waals surface area contributed by atoms with Gasteiger partial charge in [0.2, 0.25) is 10.9 Å². The Morgan fingerprint density at radius 3 is 1.26 bits per heavy atom. The number of carbonyl (C=O) groups is 5. The highest BCUT2D eigenvalue weighted by Crippen LogP contribution is 2.43. The highest BCUT2D eigenvalue weighted by atomic mass is 31.2. The summed E-state index contributed by atoms with van der Waals surface area (Å²) in [5.74, 6) is -4.12. The lowest BCUT2D eigenvalue weighted by Crippen LogP contribution is -2.44. The minimum Gasteiger partial charge on any atom is -0.480 e. The van der Waals surface area contributed by atoms with Gasteiger partial charge in [0.15, 0.2) is 6.10 Å². The van der Waals surface area contributed by atoms with Gasteiger partial charge in [-0.15, -0.1) is 0 Å². The average Bonchev–Trinajstić information content (AvgIpc) is 1.17. The highest BCUT2D eigenvalue weighted by molar-refractivity contribution is 7.47. The molecule has 0 radical (unpaired) electrons. The maximum absolute atomic E-state index is 13.1. The number of phosphoric ester groups is 1. The van der Waals surface area contributed by atoms with Crippen molar-refractivity contribution in [3.05, 3.63) is 60.7 Å². The quantitative estimate of drug-likeness (QED) is 0.0207. The van der Waals surface area contributed by atoms with Gasteiger partial charge in [0, 0.05) is 63.2 Å². The number of ether oxygens (including phenoxy) is 2. The summed E-state index contributed by atoms with van der Waals surface area (Å²) in [5.41, 5.74) is 1.57. The molecule has 2 bridgehead atoms. The van der Waals surface area contributed by atoms with E-state index in [1.54, 1.807) is 14.7 Å². The van der Waals surface area contributed by atoms with Crippen molar-refractivity contribution in [2.24, 2.45) is 0 Å². The molecular weight excluding hydrogens is 1150 g/mol. The van der Waals surface area contributed by atoms with Crippen molar-refractivity contribution in [3.63, 3.8) is 0 Å². The molecule has 88 heavy (non-hydrogen) atoms. The van der Waals surface area contributed by atoms with E-state index in [4.69, 9.17) is 23.5 Å². The van der Waals surface area contributed by atoms with Crippen molar-refractivity contribution in [1.29, 1.82) is 0 Å². The first-order valence-corrected chi connectivity index (χ1v) is 35.6. The molecule has 0 saturated carbocycles. The van der Waals surface area contributed by atoms with E-state index < -0.39 is 61.2 Å². The number of pyridine rings is 1. The zero-order valence-electron chi connectivity index (χ0n) is 54.0. The zero-order chi connectivity index (χ0) is 64.0. The van der Waals surface area contributed by atoms with Crippen LogP contribution in [0.4, 0.5) is 0 Å². The predicted molar refractivity (Wildman–Crippen MR) is 342 cm³/mol. The van der Waals surface area contributed by atoms with Gasteiger partial charge in [-0.2, -0.15) is 0 Å². The second-order valence-electron chi connectivity index (χ2n) is 24.6. The number of hydrogen-bond donors (Lipinski definition) is 4. The van der Waals surface area contributed by atoms with Crippen LogP contribution in [0.5, 0.6) is 0 Å². The van der Waals surface area contributed by atoms with Crippen LogP contribution in [0.2, 0.25) is 0 Å². The summed E-state index contributed by atoms with van der Waals surface area (Å²) in [6.45, 7) is 3.71. The van der Waals surface area contributed by atoms with Crippen LogP contribution in [0, 0.1) is 0 Å². The van der Waals surface area contributed by atoms with E-state index in [-0.39, 0.29) is 97.8 Å². The summed E-state index contributed by atoms with van der Waals surface area (Å²) in [4.78, 5) is 107. The Balaban J connectivity index is 1.47. The van der Waals surface area contributed by atoms with Gasteiger partial charge >= 0.3 is 37.7 Å². The summed E-state index contributed by atoms with van der Waals surface area (Å²) in [7, 11) is -4.71. The fourth-order valence-corrected chi connectivity index (χ4v) is 12.3. The number of unbranched alkanes of at least 4 members (excludes halogenated alkanes) is 29. The number of carbonyl (C=O) groups excluding carboxylic acids is 2. The first kappa shape index (κ1) is 77.8. The van der Waals surface area contributed by atoms with Crippen LogP contribution in [0.1, 0.15) is 267 Å². The zero-order valence-corrected chi connectivity index (χ0v) is 54.9. The maximum Gasteiger partial charge on any atom is 0.472 e. The fraction of sp³-hybridized carbons (Fsp3) is 0.791. The third-order valence-electron chi connectivity index (χ3n) is 16.5. The first-order chi connectivity index (χ1) is 42.5. The number of fused-ring (bicyclic) bond motifs is 2. The fourth-order valence-electron chi connectivity index (χ4n) is 11.5. The number of aliphatic carboxylic acids is 3. The molecule has 2 aromatic rings. The Bertz CT molecular complexity index is 2330. The van der Waals surface area contributed by atoms with Crippen LogP contribution in [0.25, 0.3) is 0 Å². The molecule has 0 fully saturated rings. The standard InChI is InChI=1S/C67H113N4O16P/c1-3-5-7-9-11-13-15-17-19-21-23-25-27-29-31-39-64(78)84-53-58(87-65(79)40-32-30-28-26-24-22-20-18-16-14-12-10-8-6-4-2)54-86-88(82,83)85-45-35-38-60-59(66(80)67(60)81)37-34-33-36-55-46-56-48-70(51-62(74)75)43-41-69(50-61(72)73)42-44-71(52-63(76)77)49-57(47-55)68-56/h46-47,58H,3-45,48-54H2,1-2H3,(H,72,73)(H,74,75)(H,76,77)(H,82,83)/t58-/m1/s1. The number of aromatic nitrogens is 1. The van der Waals surface area contributed by atoms with E-state index in [1.165, 1.54) is 141 Å². The summed E-state index contributed by atoms with van der Waals surface area (Å²) in [6, 6.07) is 3.72. The number of rotatable bonds is 54. The minimum absolute atomic E-state index is 0.123. The van der Waals surface area contributed by atoms with E-state index in [9.17, 15) is 58.3 Å². The van der Waals surface area contributed by atoms with Crippen molar-refractivity contribution >= 4 is 37.7 Å². The highest BCUT2D eigenvalue weighted by Gasteiger charge is 2.28. The lowest BCUT2D eigenvalue weighted by molar-refractivity contribution is -0.161. The molecule has 1 unspecified atom stereocenters. The average molecular weight is 1260 g/mol. The molecule has 20 nitrogen and oxygen atoms in total. The largest absolute Gasteiger partial charge is 0.480 e. The van der Waals surface area contributed by atoms with Gasteiger partial charge in [-0.3, -0.25) is 62.3 Å². The third-order valence-corrected chi connectivity index (χ3v) is 17.5. The molecule has 21 heteroatoms. The molecule has 0 amide bonds. The van der Waals surface area contributed by atoms with E-state index in [1.807, 2.05) is 12.1 Å². The van der Waals surface area contributed by atoms with Gasteiger partial charge in [-0.05, 0) is 69.1 Å². The van der Waals surface area contributed by atoms with Crippen molar-refractivity contribution in [2.45, 2.75) is 277 Å². The summed E-state index contributed by atoms with van der Waals surface area (Å²) in [6.07, 6.45) is 37.4. The number of carboxylic acids is 3. The van der Waals surface area contributed by atoms with Crippen LogP contribution < -0.4 is 10.9 Å². The van der Waals surface area contributed by atoms with Gasteiger partial charge in [0.25, 0.3) is 0 Å². The van der Waals surface area contributed by atoms with Gasteiger partial charge in [0.05, 0.1) is 44.2 Å². The van der Waals surface area contributed by atoms with Crippen LogP contribution in [0.15, 0.2) is 21.7 Å². The van der Waals surface area contributed by atoms with Crippen LogP contribution in [-0.2, 0) is 79.4 Å². The Hall–Kier alpha value is -4.43. The van der Waals surface area contributed by atoms with Crippen molar-refractivity contribution in [3.8, 4) is 0 Å². The second-order valence-corrected chi connectivity index (χ2v) is 26.0. The lowest BCUT2D eigenvalue weighted by atomic mass is 9.92. The number of nitrogens with zero attached hydrogens (tertiary/aromatic N) is 4. The summed E-state index contributed by atoms with van der Waals surface area (Å²) in [5, 5.41) is 28.8. The number of phosphoric acid groups is 1. The molecule has 0 aliphatic carbocycles. The molecule has 1 aliphatic rings. The maximum atomic E-state index is 13.1. The van der Waals surface area contributed by atoms with Crippen LogP contribution in [0.3, 0.4) is 0 Å². The number of aryl methyl sites for hydroxylation is 1. The minimum atomic E-state index is -4.71. The Morgan fingerprint density at radius 2 is 0.841 bits per heavy atom. The SMILES string of the molecule is CCCCCCCCCCCCCCCCCC(=O)OC[C@H](COP(=O)(O)OCCCc1c(CCCCc2cc3nc(c2)CN(CC(=O)O)CCN(CC(=O)O)CCN(CC(=O)O)C3)c(=O)c1=O)OC(=O)CCCCCCCCCCCCCCCCC. The second kappa shape index (κ2) is 48.4. The van der Waals surface area contributed by atoms with E-state index in [2.05, 4.69) is 13.8 Å². The molecule has 2 heterocycles. The monoisotopic (exact) mass is 1260 g/mol. The topological polar surface area (TPSA) is 277 Å². The number of carboxylic acid groups (broad SMARTS) is 3. The van der Waals surface area contributed by atoms with Gasteiger partial charge in [0.1, 0.15) is 6.61 Å². The lowest BCUT2D eigenvalue weighted by Gasteiger charge is -2.29. The smallest absolute Gasteiger partial charge is 0.472 e. The van der Waals surface area contributed by atoms with Crippen LogP contribution >= 0.6 is 7.82 Å². The van der Waals surface area contributed by atoms with Crippen molar-refractivity contribution < 1.29 is 67.3 Å². The predicted octanol–water partition coefficient (Wildman–Crippen LogP) is 12.5. The Morgan fingerprint density at radius 1 is 0.477 bits per heavy atom. The van der Waals surface area contributed by atoms with Gasteiger partial charge in [-0.25, -0.2) is 4.57 Å². The molecule has 1 aromatic carbocycles. The molecule has 1 aromatic heterocycles. The van der Waals surface area contributed by atoms with Gasteiger partial charge in [-0.1, -0.05) is 194 Å². The van der Waals surface area contributed by atoms with E-state index in [0.29, 0.717) is 61.0 Å². The molecule has 0 saturated heterocycles. The van der Waals surface area contributed by atoms with E-state index in [0.717, 1.165) is 44.1 Å². The van der Waals surface area contributed by atoms with Gasteiger partial charge < -0.3 is 29.7 Å². The van der Waals surface area contributed by atoms with E-state index >= 15 is 0 Å². The molecule has 3 rings (SSSR count). The molecule has 1 aliphatic heterocycles. The molecule has 2 atom stereocenters. The Kier molecular flexibility index (Phi) is 42.8. The normalized spacial score (nSPS) is 14.7. The molecule has 0 spiro atoms. The van der Waals surface area contributed by atoms with Crippen LogP contribution in [-0.4, -0.2) is 141 Å². The molecule has 4 N–H and O–H groups in total. The Labute approximate surface area is 525 Å². The van der Waals surface area contributed by atoms with Crippen molar-refractivity contribution in [2.75, 3.05) is 65.6 Å². The third kappa shape index (κ3) is 38.3. The molecule has 502 valence electrons. The first-order valence-electron chi connectivity index (χ1n) is 34.1. The molecular formula is C67H113N4O16P. The van der Waals surface area contributed by atoms with Crippen molar-refractivity contribution in [1.82, 2.24) is 19.7 Å². The number of hydrogen-bond acceptors (Lipinski definition) is 16. The summed E-state index contributed by atoms with van der Waals surface area (Å²) < 4.78 is 34.8. The number of esters is 2. The summed E-state index contributed by atoms with van der Waals surface area (Å²) >= 11 is 0.